The van der Waals surface area contributed by atoms with Gasteiger partial charge in [0.25, 0.3) is 0 Å². The zero-order valence-corrected chi connectivity index (χ0v) is 11.3. The number of nitrogens with two attached hydrogens (primary N) is 1. The molecule has 0 aliphatic rings. The third kappa shape index (κ3) is 6.18. The van der Waals surface area contributed by atoms with Crippen molar-refractivity contribution in [3.05, 3.63) is 48.0 Å². The average Bonchev–Trinajstić information content (AvgIpc) is 2.44. The largest absolute Gasteiger partial charge is 0.368 e. The number of carbonyl (C=O) groups is 1. The summed E-state index contributed by atoms with van der Waals surface area (Å²) in [6.07, 6.45) is 3.79. The average molecular weight is 262 g/mol. The molecule has 0 aliphatic heterocycles. The Morgan fingerprint density at radius 3 is 2.74 bits per heavy atom. The molecule has 1 unspecified atom stereocenters. The lowest BCUT2D eigenvalue weighted by Gasteiger charge is -2.16. The Morgan fingerprint density at radius 2 is 2.11 bits per heavy atom. The molecule has 0 radical (unpaired) electrons. The molecule has 104 valence electrons. The Labute approximate surface area is 114 Å². The van der Waals surface area contributed by atoms with E-state index in [4.69, 9.17) is 10.5 Å². The molecule has 0 fully saturated rings. The molecule has 1 amide bonds. The molecule has 1 atom stereocenters. The van der Waals surface area contributed by atoms with Crippen LogP contribution in [0.5, 0.6) is 0 Å². The first kappa shape index (κ1) is 15.4. The summed E-state index contributed by atoms with van der Waals surface area (Å²) >= 11 is 0. The van der Waals surface area contributed by atoms with E-state index in [1.807, 2.05) is 49.4 Å². The van der Waals surface area contributed by atoms with Gasteiger partial charge in [0.2, 0.25) is 5.91 Å². The molecule has 1 aromatic rings. The maximum Gasteiger partial charge on any atom is 0.249 e. The van der Waals surface area contributed by atoms with Crippen LogP contribution in [0.1, 0.15) is 12.5 Å². The van der Waals surface area contributed by atoms with E-state index in [0.717, 1.165) is 5.56 Å². The van der Waals surface area contributed by atoms with E-state index in [-0.39, 0.29) is 5.91 Å². The topological polar surface area (TPSA) is 64.3 Å². The third-order valence-electron chi connectivity index (χ3n) is 2.62. The second kappa shape index (κ2) is 9.30. The lowest BCUT2D eigenvalue weighted by molar-refractivity contribution is -0.132. The van der Waals surface area contributed by atoms with E-state index in [2.05, 4.69) is 5.32 Å². The van der Waals surface area contributed by atoms with Crippen LogP contribution in [0.4, 0.5) is 0 Å². The molecule has 19 heavy (non-hydrogen) atoms. The molecule has 1 aromatic carbocycles. The van der Waals surface area contributed by atoms with Crippen LogP contribution in [0.25, 0.3) is 0 Å². The van der Waals surface area contributed by atoms with E-state index < -0.39 is 6.10 Å². The van der Waals surface area contributed by atoms with E-state index in [9.17, 15) is 4.79 Å². The summed E-state index contributed by atoms with van der Waals surface area (Å²) in [4.78, 5) is 12.0. The SMILES string of the molecule is CCOC(Cc1ccccc1)C(=O)NC/C=C/CN. The van der Waals surface area contributed by atoms with E-state index in [0.29, 0.717) is 26.1 Å². The first-order chi connectivity index (χ1) is 9.27. The van der Waals surface area contributed by atoms with Gasteiger partial charge in [0, 0.05) is 26.1 Å². The van der Waals surface area contributed by atoms with Crippen molar-refractivity contribution in [1.82, 2.24) is 5.32 Å². The van der Waals surface area contributed by atoms with Crippen LogP contribution in [0, 0.1) is 0 Å². The zero-order valence-electron chi connectivity index (χ0n) is 11.3. The van der Waals surface area contributed by atoms with Crippen LogP contribution in [0.15, 0.2) is 42.5 Å². The third-order valence-corrected chi connectivity index (χ3v) is 2.62. The van der Waals surface area contributed by atoms with Gasteiger partial charge in [0.1, 0.15) is 6.10 Å². The number of hydrogen-bond acceptors (Lipinski definition) is 3. The molecule has 4 heteroatoms. The smallest absolute Gasteiger partial charge is 0.249 e. The first-order valence-electron chi connectivity index (χ1n) is 6.56. The fourth-order valence-corrected chi connectivity index (χ4v) is 1.71. The number of ether oxygens (including phenoxy) is 1. The van der Waals surface area contributed by atoms with Crippen molar-refractivity contribution >= 4 is 5.91 Å². The molecule has 1 rings (SSSR count). The van der Waals surface area contributed by atoms with Crippen molar-refractivity contribution in [2.24, 2.45) is 5.73 Å². The van der Waals surface area contributed by atoms with Gasteiger partial charge < -0.3 is 15.8 Å². The van der Waals surface area contributed by atoms with Crippen molar-refractivity contribution in [2.45, 2.75) is 19.4 Å². The molecule has 0 bridgehead atoms. The van der Waals surface area contributed by atoms with Crippen LogP contribution >= 0.6 is 0 Å². The van der Waals surface area contributed by atoms with Crippen molar-refractivity contribution in [2.75, 3.05) is 19.7 Å². The van der Waals surface area contributed by atoms with Gasteiger partial charge in [-0.2, -0.15) is 0 Å². The Hall–Kier alpha value is -1.65. The number of hydrogen-bond donors (Lipinski definition) is 2. The normalized spacial score (nSPS) is 12.5. The minimum atomic E-state index is -0.446. The van der Waals surface area contributed by atoms with Gasteiger partial charge >= 0.3 is 0 Å². The standard InChI is InChI=1S/C15H22N2O2/c1-2-19-14(12-13-8-4-3-5-9-13)15(18)17-11-7-6-10-16/h3-9,14H,2,10-12,16H2,1H3,(H,17,18)/b7-6+. The number of amides is 1. The van der Waals surface area contributed by atoms with Crippen LogP contribution in [-0.2, 0) is 16.0 Å². The van der Waals surface area contributed by atoms with Crippen LogP contribution in [0.2, 0.25) is 0 Å². The number of rotatable bonds is 8. The molecule has 0 spiro atoms. The summed E-state index contributed by atoms with van der Waals surface area (Å²) in [6, 6.07) is 9.86. The first-order valence-corrected chi connectivity index (χ1v) is 6.56. The van der Waals surface area contributed by atoms with Crippen molar-refractivity contribution in [3.63, 3.8) is 0 Å². The molecule has 0 saturated carbocycles. The monoisotopic (exact) mass is 262 g/mol. The fourth-order valence-electron chi connectivity index (χ4n) is 1.71. The quantitative estimate of drug-likeness (QED) is 0.693. The number of benzene rings is 1. The Morgan fingerprint density at radius 1 is 1.37 bits per heavy atom. The minimum absolute atomic E-state index is 0.0904. The van der Waals surface area contributed by atoms with E-state index >= 15 is 0 Å². The highest BCUT2D eigenvalue weighted by Gasteiger charge is 2.18. The van der Waals surface area contributed by atoms with Gasteiger partial charge in [0.15, 0.2) is 0 Å². The van der Waals surface area contributed by atoms with Crippen LogP contribution in [0.3, 0.4) is 0 Å². The van der Waals surface area contributed by atoms with Gasteiger partial charge in [0.05, 0.1) is 0 Å². The van der Waals surface area contributed by atoms with Crippen molar-refractivity contribution in [3.8, 4) is 0 Å². The highest BCUT2D eigenvalue weighted by Crippen LogP contribution is 2.06. The second-order valence-electron chi connectivity index (χ2n) is 4.09. The summed E-state index contributed by atoms with van der Waals surface area (Å²) in [5.74, 6) is -0.0904. The van der Waals surface area contributed by atoms with E-state index in [1.165, 1.54) is 0 Å². The highest BCUT2D eigenvalue weighted by molar-refractivity contribution is 5.81. The predicted octanol–water partition coefficient (Wildman–Crippen LogP) is 1.27. The molecule has 3 N–H and O–H groups in total. The lowest BCUT2D eigenvalue weighted by atomic mass is 10.1. The zero-order chi connectivity index (χ0) is 13.9. The maximum absolute atomic E-state index is 12.0. The van der Waals surface area contributed by atoms with Crippen molar-refractivity contribution < 1.29 is 9.53 Å². The van der Waals surface area contributed by atoms with E-state index in [1.54, 1.807) is 0 Å². The Balaban J connectivity index is 2.51. The summed E-state index contributed by atoms with van der Waals surface area (Å²) in [7, 11) is 0. The molecular weight excluding hydrogens is 240 g/mol. The summed E-state index contributed by atoms with van der Waals surface area (Å²) in [5.41, 5.74) is 6.42. The highest BCUT2D eigenvalue weighted by atomic mass is 16.5. The minimum Gasteiger partial charge on any atom is -0.368 e. The lowest BCUT2D eigenvalue weighted by Crippen LogP contribution is -2.38. The number of nitrogens with one attached hydrogen (secondary N) is 1. The fraction of sp³-hybridized carbons (Fsp3) is 0.400. The van der Waals surface area contributed by atoms with Gasteiger partial charge in [-0.3, -0.25) is 4.79 Å². The summed E-state index contributed by atoms with van der Waals surface area (Å²) in [6.45, 7) is 3.37. The Kier molecular flexibility index (Phi) is 7.54. The molecule has 0 saturated heterocycles. The number of carbonyl (C=O) groups excluding carboxylic acids is 1. The Bertz CT molecular complexity index is 390. The molecule has 0 aliphatic carbocycles. The van der Waals surface area contributed by atoms with Gasteiger partial charge in [-0.1, -0.05) is 42.5 Å². The maximum atomic E-state index is 12.0. The molecule has 0 aromatic heterocycles. The second-order valence-corrected chi connectivity index (χ2v) is 4.09. The molecule has 4 nitrogen and oxygen atoms in total. The van der Waals surface area contributed by atoms with Gasteiger partial charge in [-0.05, 0) is 12.5 Å². The van der Waals surface area contributed by atoms with Gasteiger partial charge in [-0.15, -0.1) is 0 Å². The van der Waals surface area contributed by atoms with Gasteiger partial charge in [-0.25, -0.2) is 0 Å². The summed E-state index contributed by atoms with van der Waals surface area (Å²) in [5, 5.41) is 2.82. The molecule has 0 heterocycles. The molecular formula is C15H22N2O2. The van der Waals surface area contributed by atoms with Crippen LogP contribution in [-0.4, -0.2) is 31.7 Å². The van der Waals surface area contributed by atoms with Crippen LogP contribution < -0.4 is 11.1 Å². The summed E-state index contributed by atoms with van der Waals surface area (Å²) < 4.78 is 5.50. The van der Waals surface area contributed by atoms with Crippen molar-refractivity contribution in [1.29, 1.82) is 0 Å². The predicted molar refractivity (Wildman–Crippen MR) is 76.8 cm³/mol.